The summed E-state index contributed by atoms with van der Waals surface area (Å²) in [7, 11) is 0. The van der Waals surface area contributed by atoms with Crippen LogP contribution in [0.4, 0.5) is 0 Å². The lowest BCUT2D eigenvalue weighted by Gasteiger charge is -2.07. The maximum atomic E-state index is 12.4. The van der Waals surface area contributed by atoms with Crippen molar-refractivity contribution in [2.45, 2.75) is 0 Å². The minimum atomic E-state index is -0.519. The van der Waals surface area contributed by atoms with Crippen molar-refractivity contribution in [1.82, 2.24) is 15.0 Å². The topological polar surface area (TPSA) is 81.5 Å². The van der Waals surface area contributed by atoms with Gasteiger partial charge in [-0.1, -0.05) is 48.5 Å². The van der Waals surface area contributed by atoms with Gasteiger partial charge in [-0.25, -0.2) is 4.79 Å². The fourth-order valence-corrected chi connectivity index (χ4v) is 2.85. The van der Waals surface area contributed by atoms with E-state index in [1.807, 2.05) is 60.8 Å². The molecule has 112 valence electrons. The number of hydrogen-bond donors (Lipinski definition) is 3. The molecule has 0 amide bonds. The van der Waals surface area contributed by atoms with E-state index in [1.165, 1.54) is 0 Å². The summed E-state index contributed by atoms with van der Waals surface area (Å²) in [5.41, 5.74) is 2.54. The van der Waals surface area contributed by atoms with Crippen LogP contribution in [0.3, 0.4) is 0 Å². The molecular weight excluding hydrogens is 290 g/mol. The van der Waals surface area contributed by atoms with Crippen LogP contribution >= 0.6 is 0 Å². The van der Waals surface area contributed by atoms with Crippen molar-refractivity contribution in [2.24, 2.45) is 0 Å². The largest absolute Gasteiger partial charge is 0.360 e. The van der Waals surface area contributed by atoms with E-state index >= 15 is 0 Å². The molecule has 0 spiro atoms. The van der Waals surface area contributed by atoms with Crippen molar-refractivity contribution in [2.75, 3.05) is 0 Å². The van der Waals surface area contributed by atoms with E-state index in [1.54, 1.807) is 0 Å². The second-order valence-corrected chi connectivity index (χ2v) is 5.27. The minimum Gasteiger partial charge on any atom is -0.360 e. The fraction of sp³-hybridized carbons (Fsp3) is 0. The predicted octanol–water partition coefficient (Wildman–Crippen LogP) is 2.88. The van der Waals surface area contributed by atoms with Crippen LogP contribution in [-0.4, -0.2) is 15.0 Å². The standard InChI is InChI=1S/C18H13N3O2/c22-17-15(11-6-2-1-3-7-11)16(20-18(23)21-17)13-10-19-14-9-5-4-8-12(13)14/h1-10,19H,(H2,20,21,22,23). The van der Waals surface area contributed by atoms with Gasteiger partial charge in [0, 0.05) is 22.7 Å². The Balaban J connectivity index is 2.10. The Hall–Kier alpha value is -3.34. The van der Waals surface area contributed by atoms with Gasteiger partial charge in [-0.15, -0.1) is 0 Å². The lowest BCUT2D eigenvalue weighted by molar-refractivity contribution is 1.05. The average molecular weight is 303 g/mol. The molecule has 3 N–H and O–H groups in total. The smallest absolute Gasteiger partial charge is 0.326 e. The molecule has 0 saturated heterocycles. The highest BCUT2D eigenvalue weighted by atomic mass is 16.2. The van der Waals surface area contributed by atoms with Crippen molar-refractivity contribution in [1.29, 1.82) is 0 Å². The zero-order valence-electron chi connectivity index (χ0n) is 12.1. The summed E-state index contributed by atoms with van der Waals surface area (Å²) in [4.78, 5) is 32.5. The average Bonchev–Trinajstić information content (AvgIpc) is 2.99. The molecule has 0 saturated carbocycles. The van der Waals surface area contributed by atoms with Crippen LogP contribution in [0.1, 0.15) is 0 Å². The molecule has 0 atom stereocenters. The number of hydrogen-bond acceptors (Lipinski definition) is 2. The Labute approximate surface area is 130 Å². The van der Waals surface area contributed by atoms with Crippen LogP contribution in [0.2, 0.25) is 0 Å². The van der Waals surface area contributed by atoms with Gasteiger partial charge in [-0.05, 0) is 11.6 Å². The fourth-order valence-electron chi connectivity index (χ4n) is 2.85. The van der Waals surface area contributed by atoms with Crippen molar-refractivity contribution >= 4 is 10.9 Å². The van der Waals surface area contributed by atoms with E-state index in [0.29, 0.717) is 11.3 Å². The third-order valence-electron chi connectivity index (χ3n) is 3.86. The van der Waals surface area contributed by atoms with Gasteiger partial charge in [0.2, 0.25) is 0 Å². The molecule has 0 bridgehead atoms. The van der Waals surface area contributed by atoms with Gasteiger partial charge >= 0.3 is 5.69 Å². The van der Waals surface area contributed by atoms with Gasteiger partial charge in [-0.3, -0.25) is 9.78 Å². The van der Waals surface area contributed by atoms with Gasteiger partial charge in [-0.2, -0.15) is 0 Å². The minimum absolute atomic E-state index is 0.403. The third kappa shape index (κ3) is 2.19. The monoisotopic (exact) mass is 303 g/mol. The normalized spacial score (nSPS) is 11.0. The van der Waals surface area contributed by atoms with Crippen molar-refractivity contribution in [3.63, 3.8) is 0 Å². The molecule has 2 aromatic heterocycles. The molecular formula is C18H13N3O2. The maximum Gasteiger partial charge on any atom is 0.326 e. The number of nitrogens with one attached hydrogen (secondary N) is 3. The second kappa shape index (κ2) is 5.14. The Morgan fingerprint density at radius 2 is 1.52 bits per heavy atom. The maximum absolute atomic E-state index is 12.4. The molecule has 4 aromatic rings. The molecule has 0 unspecified atom stereocenters. The lowest BCUT2D eigenvalue weighted by atomic mass is 10.0. The van der Waals surface area contributed by atoms with Crippen LogP contribution in [0, 0.1) is 0 Å². The van der Waals surface area contributed by atoms with Crippen LogP contribution in [0.5, 0.6) is 0 Å². The van der Waals surface area contributed by atoms with Gasteiger partial charge in [0.25, 0.3) is 5.56 Å². The van der Waals surface area contributed by atoms with E-state index in [4.69, 9.17) is 0 Å². The van der Waals surface area contributed by atoms with Crippen molar-refractivity contribution < 1.29 is 0 Å². The van der Waals surface area contributed by atoms with E-state index in [0.717, 1.165) is 22.0 Å². The highest BCUT2D eigenvalue weighted by Crippen LogP contribution is 2.31. The molecule has 0 aliphatic heterocycles. The molecule has 2 aromatic carbocycles. The Morgan fingerprint density at radius 3 is 2.35 bits per heavy atom. The van der Waals surface area contributed by atoms with Crippen LogP contribution in [-0.2, 0) is 0 Å². The zero-order chi connectivity index (χ0) is 15.8. The predicted molar refractivity (Wildman–Crippen MR) is 90.4 cm³/mol. The molecule has 4 rings (SSSR count). The Morgan fingerprint density at radius 1 is 0.783 bits per heavy atom. The number of aromatic amines is 3. The van der Waals surface area contributed by atoms with Crippen molar-refractivity contribution in [3.8, 4) is 22.4 Å². The second-order valence-electron chi connectivity index (χ2n) is 5.27. The first-order chi connectivity index (χ1) is 11.2. The summed E-state index contributed by atoms with van der Waals surface area (Å²) in [5.74, 6) is 0. The highest BCUT2D eigenvalue weighted by molar-refractivity contribution is 5.98. The first kappa shape index (κ1) is 13.3. The van der Waals surface area contributed by atoms with E-state index in [2.05, 4.69) is 15.0 Å². The third-order valence-corrected chi connectivity index (χ3v) is 3.86. The van der Waals surface area contributed by atoms with Crippen LogP contribution < -0.4 is 11.2 Å². The van der Waals surface area contributed by atoms with E-state index in [-0.39, 0.29) is 0 Å². The molecule has 0 aliphatic rings. The lowest BCUT2D eigenvalue weighted by Crippen LogP contribution is -2.24. The number of benzene rings is 2. The number of H-pyrrole nitrogens is 3. The number of aromatic nitrogens is 3. The number of fused-ring (bicyclic) bond motifs is 1. The highest BCUT2D eigenvalue weighted by Gasteiger charge is 2.16. The summed E-state index contributed by atoms with van der Waals surface area (Å²) in [6.45, 7) is 0. The molecule has 2 heterocycles. The summed E-state index contributed by atoms with van der Waals surface area (Å²) in [6.07, 6.45) is 1.81. The Kier molecular flexibility index (Phi) is 2.98. The zero-order valence-corrected chi connectivity index (χ0v) is 12.1. The van der Waals surface area contributed by atoms with Crippen LogP contribution in [0.15, 0.2) is 70.4 Å². The molecule has 0 radical (unpaired) electrons. The summed E-state index contributed by atoms with van der Waals surface area (Å²) in [6, 6.07) is 17.1. The summed E-state index contributed by atoms with van der Waals surface area (Å²) >= 11 is 0. The van der Waals surface area contributed by atoms with Gasteiger partial charge in [0.05, 0.1) is 11.3 Å². The molecule has 0 fully saturated rings. The van der Waals surface area contributed by atoms with Crippen LogP contribution in [0.25, 0.3) is 33.3 Å². The summed E-state index contributed by atoms with van der Waals surface area (Å²) in [5, 5.41) is 0.950. The van der Waals surface area contributed by atoms with Gasteiger partial charge in [0.15, 0.2) is 0 Å². The van der Waals surface area contributed by atoms with Gasteiger partial charge < -0.3 is 9.97 Å². The first-order valence-corrected chi connectivity index (χ1v) is 7.22. The van der Waals surface area contributed by atoms with E-state index < -0.39 is 11.2 Å². The molecule has 5 nitrogen and oxygen atoms in total. The van der Waals surface area contributed by atoms with Crippen molar-refractivity contribution in [3.05, 3.63) is 81.6 Å². The molecule has 0 aliphatic carbocycles. The summed E-state index contributed by atoms with van der Waals surface area (Å²) < 4.78 is 0. The molecule has 23 heavy (non-hydrogen) atoms. The molecule has 5 heteroatoms. The number of rotatable bonds is 2. The SMILES string of the molecule is O=c1[nH]c(-c2c[nH]c3ccccc23)c(-c2ccccc2)c(=O)[nH]1. The number of para-hydroxylation sites is 1. The van der Waals surface area contributed by atoms with E-state index in [9.17, 15) is 9.59 Å². The Bertz CT molecular complexity index is 1100. The first-order valence-electron chi connectivity index (χ1n) is 7.22. The van der Waals surface area contributed by atoms with Gasteiger partial charge in [0.1, 0.15) is 0 Å². The quantitative estimate of drug-likeness (QED) is 0.532.